The maximum atomic E-state index is 14.1. The molecular formula is C40H32FN5O. The number of anilines is 1. The number of fused-ring (bicyclic) bond motifs is 1. The molecule has 0 aliphatic heterocycles. The molecule has 0 radical (unpaired) electrons. The van der Waals surface area contributed by atoms with Gasteiger partial charge in [0, 0.05) is 23.2 Å². The SMILES string of the molecule is C[C@@H](NC(=O)Nc1cc2c(cn1)c(-c1ccc(F)cc1)nn2C(c1ccccc1)(c1ccccc1)c1ccccc1)c1ccccc1. The quantitative estimate of drug-likeness (QED) is 0.167. The van der Waals surface area contributed by atoms with Gasteiger partial charge in [-0.3, -0.25) is 5.32 Å². The zero-order chi connectivity index (χ0) is 32.2. The van der Waals surface area contributed by atoms with Gasteiger partial charge in [-0.2, -0.15) is 5.10 Å². The number of carbonyl (C=O) groups excluding carboxylic acids is 1. The van der Waals surface area contributed by atoms with Crippen LogP contribution < -0.4 is 10.6 Å². The number of hydrogen-bond donors (Lipinski definition) is 2. The third-order valence-corrected chi connectivity index (χ3v) is 8.46. The zero-order valence-electron chi connectivity index (χ0n) is 25.7. The zero-order valence-corrected chi connectivity index (χ0v) is 25.7. The number of amides is 2. The summed E-state index contributed by atoms with van der Waals surface area (Å²) in [6.45, 7) is 1.93. The highest BCUT2D eigenvalue weighted by atomic mass is 19.1. The van der Waals surface area contributed by atoms with Crippen molar-refractivity contribution in [2.24, 2.45) is 0 Å². The molecule has 5 aromatic carbocycles. The molecule has 6 nitrogen and oxygen atoms in total. The predicted octanol–water partition coefficient (Wildman–Crippen LogP) is 8.96. The first-order valence-electron chi connectivity index (χ1n) is 15.5. The first-order valence-corrected chi connectivity index (χ1v) is 15.5. The van der Waals surface area contributed by atoms with Gasteiger partial charge in [0.25, 0.3) is 0 Å². The lowest BCUT2D eigenvalue weighted by molar-refractivity contribution is 0.249. The topological polar surface area (TPSA) is 71.8 Å². The van der Waals surface area contributed by atoms with E-state index >= 15 is 0 Å². The average Bonchev–Trinajstić information content (AvgIpc) is 3.49. The second-order valence-electron chi connectivity index (χ2n) is 11.4. The first kappa shape index (κ1) is 29.6. The minimum absolute atomic E-state index is 0.211. The number of halogens is 1. The van der Waals surface area contributed by atoms with Gasteiger partial charge in [-0.05, 0) is 53.4 Å². The lowest BCUT2D eigenvalue weighted by atomic mass is 9.77. The minimum Gasteiger partial charge on any atom is -0.331 e. The second-order valence-corrected chi connectivity index (χ2v) is 11.4. The predicted molar refractivity (Wildman–Crippen MR) is 185 cm³/mol. The minimum atomic E-state index is -0.928. The Labute approximate surface area is 272 Å². The number of benzene rings is 5. The number of carbonyl (C=O) groups is 1. The van der Waals surface area contributed by atoms with E-state index < -0.39 is 5.54 Å². The van der Waals surface area contributed by atoms with Gasteiger partial charge in [0.1, 0.15) is 22.9 Å². The number of nitrogens with one attached hydrogen (secondary N) is 2. The summed E-state index contributed by atoms with van der Waals surface area (Å²) in [6.07, 6.45) is 1.72. The van der Waals surface area contributed by atoms with Crippen molar-refractivity contribution in [1.29, 1.82) is 0 Å². The van der Waals surface area contributed by atoms with Crippen LogP contribution in [0, 0.1) is 5.82 Å². The van der Waals surface area contributed by atoms with Gasteiger partial charge in [-0.15, -0.1) is 0 Å². The molecule has 2 heterocycles. The molecular weight excluding hydrogens is 585 g/mol. The summed E-state index contributed by atoms with van der Waals surface area (Å²) in [5.41, 5.74) is 5.18. The van der Waals surface area contributed by atoms with E-state index in [-0.39, 0.29) is 17.9 Å². The van der Waals surface area contributed by atoms with Crippen molar-refractivity contribution in [3.8, 4) is 11.3 Å². The number of hydrogen-bond acceptors (Lipinski definition) is 3. The summed E-state index contributed by atoms with van der Waals surface area (Å²) < 4.78 is 16.1. The highest BCUT2D eigenvalue weighted by Crippen LogP contribution is 2.44. The molecule has 0 fully saturated rings. The van der Waals surface area contributed by atoms with E-state index in [1.807, 2.05) is 103 Å². The fraction of sp³-hybridized carbons (Fsp3) is 0.0750. The highest BCUT2D eigenvalue weighted by molar-refractivity contribution is 5.96. The third kappa shape index (κ3) is 5.64. The van der Waals surface area contributed by atoms with Gasteiger partial charge >= 0.3 is 6.03 Å². The van der Waals surface area contributed by atoms with Crippen molar-refractivity contribution < 1.29 is 9.18 Å². The lowest BCUT2D eigenvalue weighted by Crippen LogP contribution is -2.38. The van der Waals surface area contributed by atoms with Gasteiger partial charge in [-0.25, -0.2) is 18.9 Å². The van der Waals surface area contributed by atoms with Crippen LogP contribution in [0.25, 0.3) is 22.2 Å². The molecule has 47 heavy (non-hydrogen) atoms. The van der Waals surface area contributed by atoms with E-state index in [0.717, 1.165) is 38.7 Å². The Kier molecular flexibility index (Phi) is 8.02. The summed E-state index contributed by atoms with van der Waals surface area (Å²) in [5, 5.41) is 12.0. The van der Waals surface area contributed by atoms with E-state index in [4.69, 9.17) is 5.10 Å². The van der Waals surface area contributed by atoms with Crippen LogP contribution in [0.1, 0.15) is 35.2 Å². The maximum Gasteiger partial charge on any atom is 0.320 e. The van der Waals surface area contributed by atoms with Crippen LogP contribution >= 0.6 is 0 Å². The number of pyridine rings is 1. The summed E-state index contributed by atoms with van der Waals surface area (Å²) >= 11 is 0. The Bertz CT molecular complexity index is 2020. The molecule has 0 saturated heterocycles. The molecule has 2 N–H and O–H groups in total. The van der Waals surface area contributed by atoms with Crippen LogP contribution in [0.4, 0.5) is 15.0 Å². The smallest absolute Gasteiger partial charge is 0.320 e. The van der Waals surface area contributed by atoms with Crippen LogP contribution in [-0.2, 0) is 5.54 Å². The van der Waals surface area contributed by atoms with E-state index in [9.17, 15) is 9.18 Å². The number of nitrogens with zero attached hydrogens (tertiary/aromatic N) is 3. The van der Waals surface area contributed by atoms with Crippen molar-refractivity contribution in [1.82, 2.24) is 20.1 Å². The molecule has 0 spiro atoms. The van der Waals surface area contributed by atoms with Gasteiger partial charge in [0.05, 0.1) is 11.6 Å². The van der Waals surface area contributed by atoms with E-state index in [2.05, 4.69) is 52.0 Å². The Morgan fingerprint density at radius 1 is 0.723 bits per heavy atom. The molecule has 0 aliphatic rings. The van der Waals surface area contributed by atoms with Gasteiger partial charge in [-0.1, -0.05) is 121 Å². The molecule has 0 bridgehead atoms. The van der Waals surface area contributed by atoms with Crippen LogP contribution in [0.5, 0.6) is 0 Å². The van der Waals surface area contributed by atoms with Crippen molar-refractivity contribution in [2.45, 2.75) is 18.5 Å². The molecule has 0 saturated carbocycles. The number of aromatic nitrogens is 3. The van der Waals surface area contributed by atoms with Crippen molar-refractivity contribution in [2.75, 3.05) is 5.32 Å². The van der Waals surface area contributed by atoms with Crippen molar-refractivity contribution in [3.63, 3.8) is 0 Å². The molecule has 7 heteroatoms. The Morgan fingerprint density at radius 2 is 1.23 bits per heavy atom. The summed E-state index contributed by atoms with van der Waals surface area (Å²) in [6, 6.07) is 48.1. The monoisotopic (exact) mass is 617 g/mol. The fourth-order valence-electron chi connectivity index (χ4n) is 6.23. The first-order chi connectivity index (χ1) is 23.0. The molecule has 7 rings (SSSR count). The molecule has 230 valence electrons. The molecule has 2 aromatic heterocycles. The van der Waals surface area contributed by atoms with E-state index in [1.54, 1.807) is 18.3 Å². The van der Waals surface area contributed by atoms with Crippen LogP contribution in [0.15, 0.2) is 158 Å². The third-order valence-electron chi connectivity index (χ3n) is 8.46. The average molecular weight is 618 g/mol. The second kappa shape index (κ2) is 12.7. The van der Waals surface area contributed by atoms with Gasteiger partial charge < -0.3 is 5.32 Å². The molecule has 7 aromatic rings. The summed E-state index contributed by atoms with van der Waals surface area (Å²) in [7, 11) is 0. The normalized spacial score (nSPS) is 12.0. The van der Waals surface area contributed by atoms with Gasteiger partial charge in [0.2, 0.25) is 0 Å². The fourth-order valence-corrected chi connectivity index (χ4v) is 6.23. The van der Waals surface area contributed by atoms with Crippen molar-refractivity contribution >= 4 is 22.8 Å². The molecule has 0 aliphatic carbocycles. The largest absolute Gasteiger partial charge is 0.331 e. The van der Waals surface area contributed by atoms with Crippen molar-refractivity contribution in [3.05, 3.63) is 186 Å². The van der Waals surface area contributed by atoms with Crippen LogP contribution in [0.2, 0.25) is 0 Å². The Balaban J connectivity index is 1.45. The maximum absolute atomic E-state index is 14.1. The lowest BCUT2D eigenvalue weighted by Gasteiger charge is -2.37. The summed E-state index contributed by atoms with van der Waals surface area (Å²) in [5.74, 6) is 0.0372. The van der Waals surface area contributed by atoms with E-state index in [1.165, 1.54) is 12.1 Å². The summed E-state index contributed by atoms with van der Waals surface area (Å²) in [4.78, 5) is 17.9. The molecule has 1 atom stereocenters. The Hall–Kier alpha value is -6.08. The highest BCUT2D eigenvalue weighted by Gasteiger charge is 2.41. The molecule has 2 amide bonds. The number of rotatable bonds is 8. The van der Waals surface area contributed by atoms with E-state index in [0.29, 0.717) is 11.5 Å². The van der Waals surface area contributed by atoms with Crippen LogP contribution in [0.3, 0.4) is 0 Å². The molecule has 0 unspecified atom stereocenters. The Morgan fingerprint density at radius 3 is 1.77 bits per heavy atom. The van der Waals surface area contributed by atoms with Crippen LogP contribution in [-0.4, -0.2) is 20.8 Å². The number of urea groups is 1. The standard InChI is InChI=1S/C40H32FN5O/c1-28(29-14-6-2-7-15-29)43-39(47)44-37-26-36-35(27-42-37)38(30-22-24-34(41)25-23-30)45-46(36)40(31-16-8-3-9-17-31,32-18-10-4-11-19-32)33-20-12-5-13-21-33/h2-28H,1H3,(H2,42,43,44,47)/t28-/m1/s1. The van der Waals surface area contributed by atoms with Gasteiger partial charge in [0.15, 0.2) is 0 Å².